The summed E-state index contributed by atoms with van der Waals surface area (Å²) in [6, 6.07) is 11.1. The highest BCUT2D eigenvalue weighted by molar-refractivity contribution is 7.92. The Morgan fingerprint density at radius 3 is 1.63 bits per heavy atom. The molecule has 0 bridgehead atoms. The van der Waals surface area contributed by atoms with E-state index in [4.69, 9.17) is 33.2 Å². The third kappa shape index (κ3) is 6.00. The normalized spacial score (nSPS) is 11.1. The molecule has 0 saturated carbocycles. The van der Waals surface area contributed by atoms with Gasteiger partial charge in [-0.3, -0.25) is 4.72 Å². The molecular formula is C27H31NO9S. The Bertz CT molecular complexity index is 1390. The monoisotopic (exact) mass is 545 g/mol. The van der Waals surface area contributed by atoms with E-state index in [9.17, 15) is 8.42 Å². The van der Waals surface area contributed by atoms with Crippen LogP contribution in [-0.4, -0.2) is 58.2 Å². The fourth-order valence-corrected chi connectivity index (χ4v) is 4.79. The summed E-state index contributed by atoms with van der Waals surface area (Å²) in [6.07, 6.45) is 3.51. The highest BCUT2D eigenvalue weighted by Gasteiger charge is 2.20. The Kier molecular flexibility index (Phi) is 9.19. The Morgan fingerprint density at radius 1 is 0.579 bits per heavy atom. The zero-order chi connectivity index (χ0) is 27.9. The van der Waals surface area contributed by atoms with E-state index in [2.05, 4.69) is 4.72 Å². The number of ether oxygens (including phenoxy) is 7. The van der Waals surface area contributed by atoms with E-state index >= 15 is 0 Å². The van der Waals surface area contributed by atoms with Crippen molar-refractivity contribution in [3.05, 3.63) is 53.6 Å². The highest BCUT2D eigenvalue weighted by atomic mass is 32.2. The minimum atomic E-state index is -4.02. The van der Waals surface area contributed by atoms with Gasteiger partial charge < -0.3 is 33.2 Å². The molecule has 0 saturated heterocycles. The van der Waals surface area contributed by atoms with E-state index in [1.54, 1.807) is 36.4 Å². The Morgan fingerprint density at radius 2 is 1.11 bits per heavy atom. The molecule has 3 aromatic rings. The van der Waals surface area contributed by atoms with Gasteiger partial charge in [0.05, 0.1) is 60.4 Å². The van der Waals surface area contributed by atoms with Crippen LogP contribution in [0.25, 0.3) is 12.2 Å². The lowest BCUT2D eigenvalue weighted by atomic mass is 10.1. The van der Waals surface area contributed by atoms with Crippen molar-refractivity contribution < 1.29 is 41.6 Å². The lowest BCUT2D eigenvalue weighted by Gasteiger charge is -2.16. The van der Waals surface area contributed by atoms with Gasteiger partial charge in [-0.2, -0.15) is 0 Å². The maximum Gasteiger partial charge on any atom is 0.262 e. The van der Waals surface area contributed by atoms with Crippen molar-refractivity contribution in [3.8, 4) is 40.2 Å². The molecule has 0 atom stereocenters. The lowest BCUT2D eigenvalue weighted by molar-refractivity contribution is 0.324. The van der Waals surface area contributed by atoms with Crippen LogP contribution in [0.4, 0.5) is 5.69 Å². The van der Waals surface area contributed by atoms with Crippen LogP contribution in [0.15, 0.2) is 47.4 Å². The minimum absolute atomic E-state index is 0.00973. The van der Waals surface area contributed by atoms with Gasteiger partial charge in [-0.1, -0.05) is 12.2 Å². The number of hydrogen-bond donors (Lipinski definition) is 1. The molecule has 1 N–H and O–H groups in total. The molecule has 10 nitrogen and oxygen atoms in total. The number of benzene rings is 3. The van der Waals surface area contributed by atoms with Gasteiger partial charge in [0.1, 0.15) is 0 Å². The van der Waals surface area contributed by atoms with Gasteiger partial charge in [0.25, 0.3) is 10.0 Å². The summed E-state index contributed by atoms with van der Waals surface area (Å²) < 4.78 is 66.9. The van der Waals surface area contributed by atoms with Crippen molar-refractivity contribution in [2.45, 2.75) is 4.90 Å². The third-order valence-corrected chi connectivity index (χ3v) is 6.97. The maximum absolute atomic E-state index is 13.3. The van der Waals surface area contributed by atoms with Crippen molar-refractivity contribution >= 4 is 27.9 Å². The van der Waals surface area contributed by atoms with Gasteiger partial charge in [-0.15, -0.1) is 0 Å². The first-order chi connectivity index (χ1) is 18.2. The molecule has 11 heteroatoms. The second kappa shape index (κ2) is 12.3. The molecule has 0 amide bonds. The molecule has 0 radical (unpaired) electrons. The van der Waals surface area contributed by atoms with Crippen LogP contribution < -0.4 is 37.9 Å². The van der Waals surface area contributed by atoms with Crippen LogP contribution in [0.2, 0.25) is 0 Å². The maximum atomic E-state index is 13.3. The van der Waals surface area contributed by atoms with Crippen molar-refractivity contribution in [2.24, 2.45) is 0 Å². The van der Waals surface area contributed by atoms with Crippen LogP contribution in [0.3, 0.4) is 0 Å². The molecule has 0 heterocycles. The van der Waals surface area contributed by atoms with E-state index in [0.29, 0.717) is 40.1 Å². The fraction of sp³-hybridized carbons (Fsp3) is 0.259. The zero-order valence-corrected chi connectivity index (χ0v) is 23.1. The molecule has 38 heavy (non-hydrogen) atoms. The van der Waals surface area contributed by atoms with Crippen LogP contribution in [0.5, 0.6) is 40.2 Å². The first kappa shape index (κ1) is 28.3. The van der Waals surface area contributed by atoms with E-state index in [1.165, 1.54) is 68.0 Å². The summed E-state index contributed by atoms with van der Waals surface area (Å²) in [6.45, 7) is 0. The van der Waals surface area contributed by atoms with Crippen molar-refractivity contribution in [3.63, 3.8) is 0 Å². The molecule has 0 fully saturated rings. The summed E-state index contributed by atoms with van der Waals surface area (Å²) in [5, 5.41) is 0. The number of nitrogens with one attached hydrogen (secondary N) is 1. The molecular weight excluding hydrogens is 514 g/mol. The Labute approximate surface area is 222 Å². The Hall–Kier alpha value is -4.25. The zero-order valence-electron chi connectivity index (χ0n) is 22.3. The van der Waals surface area contributed by atoms with Gasteiger partial charge in [0.2, 0.25) is 5.75 Å². The first-order valence-electron chi connectivity index (χ1n) is 11.2. The number of hydrogen-bond acceptors (Lipinski definition) is 9. The van der Waals surface area contributed by atoms with Gasteiger partial charge >= 0.3 is 0 Å². The van der Waals surface area contributed by atoms with E-state index in [-0.39, 0.29) is 16.3 Å². The summed E-state index contributed by atoms with van der Waals surface area (Å²) in [5.41, 5.74) is 1.50. The number of methoxy groups -OCH3 is 7. The van der Waals surface area contributed by atoms with Crippen LogP contribution >= 0.6 is 0 Å². The predicted molar refractivity (Wildman–Crippen MR) is 145 cm³/mol. The van der Waals surface area contributed by atoms with Crippen LogP contribution in [0, 0.1) is 0 Å². The van der Waals surface area contributed by atoms with Crippen LogP contribution in [-0.2, 0) is 10.0 Å². The van der Waals surface area contributed by atoms with Gasteiger partial charge in [0, 0.05) is 17.7 Å². The largest absolute Gasteiger partial charge is 0.493 e. The van der Waals surface area contributed by atoms with Gasteiger partial charge in [0.15, 0.2) is 34.5 Å². The number of sulfonamides is 1. The van der Waals surface area contributed by atoms with E-state index < -0.39 is 10.0 Å². The van der Waals surface area contributed by atoms with E-state index in [0.717, 1.165) is 5.56 Å². The first-order valence-corrected chi connectivity index (χ1v) is 12.7. The molecule has 0 aliphatic carbocycles. The Balaban J connectivity index is 2.09. The van der Waals surface area contributed by atoms with Gasteiger partial charge in [-0.25, -0.2) is 8.42 Å². The average molecular weight is 546 g/mol. The molecule has 0 spiro atoms. The SMILES string of the molecule is COc1ccc(S(=O)(=O)Nc2cc(OC)c(OC)cc2/C=C\c2cc(OC)c(OC)c(OC)c2)cc1OC. The van der Waals surface area contributed by atoms with Gasteiger partial charge in [-0.05, 0) is 35.9 Å². The molecule has 204 valence electrons. The number of rotatable bonds is 12. The van der Waals surface area contributed by atoms with Crippen molar-refractivity contribution in [1.82, 2.24) is 0 Å². The molecule has 0 aliphatic rings. The fourth-order valence-electron chi connectivity index (χ4n) is 3.69. The highest BCUT2D eigenvalue weighted by Crippen LogP contribution is 2.40. The summed E-state index contributed by atoms with van der Waals surface area (Å²) >= 11 is 0. The molecule has 0 unspecified atom stereocenters. The van der Waals surface area contributed by atoms with Crippen molar-refractivity contribution in [2.75, 3.05) is 54.5 Å². The minimum Gasteiger partial charge on any atom is -0.493 e. The standard InChI is InChI=1S/C27H31NO9S/c1-31-21-11-10-19(15-23(21)33-3)38(29,30)28-20-16-24(34-4)22(32-2)14-18(20)9-8-17-12-25(35-5)27(37-7)26(13-17)36-6/h8-16,28H,1-7H3/b9-8-. The van der Waals surface area contributed by atoms with Crippen molar-refractivity contribution in [1.29, 1.82) is 0 Å². The molecule has 0 aromatic heterocycles. The summed E-state index contributed by atoms with van der Waals surface area (Å²) in [5.74, 6) is 2.88. The second-order valence-electron chi connectivity index (χ2n) is 7.71. The average Bonchev–Trinajstić information content (AvgIpc) is 2.94. The third-order valence-electron chi connectivity index (χ3n) is 5.61. The summed E-state index contributed by atoms with van der Waals surface area (Å²) in [7, 11) is 6.43. The quantitative estimate of drug-likeness (QED) is 0.323. The predicted octanol–water partition coefficient (Wildman–Crippen LogP) is 4.72. The summed E-state index contributed by atoms with van der Waals surface area (Å²) in [4.78, 5) is -0.00973. The molecule has 3 aromatic carbocycles. The van der Waals surface area contributed by atoms with Crippen LogP contribution in [0.1, 0.15) is 11.1 Å². The second-order valence-corrected chi connectivity index (χ2v) is 9.39. The molecule has 3 rings (SSSR count). The van der Waals surface area contributed by atoms with E-state index in [1.807, 2.05) is 0 Å². The number of anilines is 1. The smallest absolute Gasteiger partial charge is 0.262 e. The lowest BCUT2D eigenvalue weighted by Crippen LogP contribution is -2.14. The topological polar surface area (TPSA) is 111 Å². The molecule has 0 aliphatic heterocycles.